The van der Waals surface area contributed by atoms with Gasteiger partial charge in [-0.15, -0.1) is 0 Å². The van der Waals surface area contributed by atoms with E-state index in [0.717, 1.165) is 53.4 Å². The SMILES string of the molecule is CNS(=O)(=O)NC(=O)c1ccc2c(C3CCCCC3)c3n(c2c1)CC(C(=O)N1CCC(N2CCCC(F)(F)C2)CC1)=Cc1ccccc1-3. The Balaban J connectivity index is 1.26. The number of hydrogen-bond donors (Lipinski definition) is 2. The zero-order chi connectivity index (χ0) is 33.6. The number of carbonyl (C=O) groups excluding carboxylic acids is 2. The molecule has 2 saturated heterocycles. The van der Waals surface area contributed by atoms with E-state index in [1.165, 1.54) is 19.0 Å². The van der Waals surface area contributed by atoms with E-state index in [-0.39, 0.29) is 37.0 Å². The fourth-order valence-corrected chi connectivity index (χ4v) is 8.79. The van der Waals surface area contributed by atoms with E-state index in [1.54, 1.807) is 12.1 Å². The van der Waals surface area contributed by atoms with E-state index >= 15 is 0 Å². The van der Waals surface area contributed by atoms with Gasteiger partial charge in [0.2, 0.25) is 0 Å². The molecular formula is C36H43F2N5O4S. The lowest BCUT2D eigenvalue weighted by molar-refractivity contribution is -0.130. The van der Waals surface area contributed by atoms with Gasteiger partial charge in [0.15, 0.2) is 0 Å². The van der Waals surface area contributed by atoms with Gasteiger partial charge in [-0.05, 0) is 73.9 Å². The third-order valence-electron chi connectivity index (χ3n) is 10.7. The van der Waals surface area contributed by atoms with Crippen molar-refractivity contribution in [1.29, 1.82) is 0 Å². The minimum absolute atomic E-state index is 0.0402. The highest BCUT2D eigenvalue weighted by molar-refractivity contribution is 7.88. The van der Waals surface area contributed by atoms with Gasteiger partial charge in [0, 0.05) is 60.2 Å². The predicted molar refractivity (Wildman–Crippen MR) is 182 cm³/mol. The van der Waals surface area contributed by atoms with Crippen molar-refractivity contribution >= 4 is 39.0 Å². The highest BCUT2D eigenvalue weighted by Gasteiger charge is 2.39. The summed E-state index contributed by atoms with van der Waals surface area (Å²) in [6, 6.07) is 13.5. The van der Waals surface area contributed by atoms with Crippen LogP contribution in [0.3, 0.4) is 0 Å². The summed E-state index contributed by atoms with van der Waals surface area (Å²) in [6.45, 7) is 1.75. The molecule has 3 aromatic rings. The normalized spacial score (nSPS) is 20.9. The molecule has 3 fully saturated rings. The van der Waals surface area contributed by atoms with Crippen LogP contribution in [0.5, 0.6) is 0 Å². The Bertz CT molecular complexity index is 1870. The van der Waals surface area contributed by atoms with Crippen LogP contribution < -0.4 is 9.44 Å². The second-order valence-electron chi connectivity index (χ2n) is 13.8. The van der Waals surface area contributed by atoms with Gasteiger partial charge in [-0.25, -0.2) is 18.2 Å². The number of fused-ring (bicyclic) bond motifs is 5. The van der Waals surface area contributed by atoms with Crippen molar-refractivity contribution in [2.75, 3.05) is 33.2 Å². The number of carbonyl (C=O) groups is 2. The number of likely N-dealkylation sites (tertiary alicyclic amines) is 2. The number of hydrogen-bond acceptors (Lipinski definition) is 5. The molecule has 1 saturated carbocycles. The Morgan fingerprint density at radius 1 is 0.938 bits per heavy atom. The number of amides is 2. The average Bonchev–Trinajstić information content (AvgIpc) is 3.30. The molecule has 12 heteroatoms. The van der Waals surface area contributed by atoms with Gasteiger partial charge in [0.1, 0.15) is 0 Å². The van der Waals surface area contributed by atoms with Gasteiger partial charge in [-0.1, -0.05) is 49.6 Å². The Kier molecular flexibility index (Phi) is 8.93. The van der Waals surface area contributed by atoms with E-state index < -0.39 is 22.0 Å². The number of nitrogens with zero attached hydrogens (tertiary/aromatic N) is 3. The third kappa shape index (κ3) is 6.42. The first-order valence-electron chi connectivity index (χ1n) is 17.2. The van der Waals surface area contributed by atoms with Crippen LogP contribution in [0, 0.1) is 0 Å². The van der Waals surface area contributed by atoms with Gasteiger partial charge in [0.25, 0.3) is 17.7 Å². The van der Waals surface area contributed by atoms with Crippen LogP contribution in [-0.4, -0.2) is 79.8 Å². The van der Waals surface area contributed by atoms with E-state index in [9.17, 15) is 26.8 Å². The summed E-state index contributed by atoms with van der Waals surface area (Å²) in [5.41, 5.74) is 5.82. The zero-order valence-corrected chi connectivity index (χ0v) is 28.1. The molecule has 2 N–H and O–H groups in total. The molecule has 0 unspecified atom stereocenters. The molecule has 48 heavy (non-hydrogen) atoms. The molecule has 4 aliphatic rings. The Hall–Kier alpha value is -3.61. The Morgan fingerprint density at radius 2 is 1.69 bits per heavy atom. The number of alkyl halides is 2. The molecular weight excluding hydrogens is 636 g/mol. The van der Waals surface area contributed by atoms with Crippen LogP contribution in [0.4, 0.5) is 8.78 Å². The molecule has 0 spiro atoms. The summed E-state index contributed by atoms with van der Waals surface area (Å²) in [6.07, 6.45) is 9.28. The van der Waals surface area contributed by atoms with Gasteiger partial charge >= 0.3 is 10.2 Å². The first-order chi connectivity index (χ1) is 23.0. The minimum Gasteiger partial charge on any atom is -0.339 e. The summed E-state index contributed by atoms with van der Waals surface area (Å²) < 4.78 is 58.9. The van der Waals surface area contributed by atoms with Gasteiger partial charge in [-0.3, -0.25) is 14.5 Å². The molecule has 0 atom stereocenters. The standard InChI is InChI=1S/C36H43F2N5O4S/c1-39-48(46,47)40-34(44)26-12-13-30-31(21-26)43-22-27(35(45)41-18-14-28(15-19-41)42-17-7-16-36(37,38)23-42)20-25-10-5-6-11-29(25)33(43)32(30)24-8-3-2-4-9-24/h5-6,10-13,20-21,24,28,39H,2-4,7-9,14-19,22-23H2,1H3,(H,40,44). The highest BCUT2D eigenvalue weighted by Crippen LogP contribution is 2.46. The maximum absolute atomic E-state index is 14.3. The molecule has 0 bridgehead atoms. The van der Waals surface area contributed by atoms with Crippen LogP contribution in [0.25, 0.3) is 28.2 Å². The lowest BCUT2D eigenvalue weighted by atomic mass is 9.81. The minimum atomic E-state index is -4.00. The van der Waals surface area contributed by atoms with Crippen LogP contribution in [0.2, 0.25) is 0 Å². The summed E-state index contributed by atoms with van der Waals surface area (Å²) in [5.74, 6) is -3.15. The quantitative estimate of drug-likeness (QED) is 0.350. The van der Waals surface area contributed by atoms with Crippen molar-refractivity contribution in [1.82, 2.24) is 23.8 Å². The highest BCUT2D eigenvalue weighted by atomic mass is 32.2. The van der Waals surface area contributed by atoms with Crippen molar-refractivity contribution in [3.8, 4) is 11.3 Å². The number of benzene rings is 2. The largest absolute Gasteiger partial charge is 0.339 e. The molecule has 9 nitrogen and oxygen atoms in total. The third-order valence-corrected chi connectivity index (χ3v) is 11.7. The average molecular weight is 680 g/mol. The summed E-state index contributed by atoms with van der Waals surface area (Å²) >= 11 is 0. The summed E-state index contributed by atoms with van der Waals surface area (Å²) in [5, 5.41) is 1.01. The predicted octanol–water partition coefficient (Wildman–Crippen LogP) is 5.67. The molecule has 0 radical (unpaired) electrons. The van der Waals surface area contributed by atoms with Crippen LogP contribution in [-0.2, 0) is 21.5 Å². The Labute approximate surface area is 280 Å². The molecule has 1 aliphatic carbocycles. The topological polar surface area (TPSA) is 104 Å². The number of rotatable bonds is 6. The maximum Gasteiger partial charge on any atom is 0.301 e. The van der Waals surface area contributed by atoms with E-state index in [0.29, 0.717) is 50.4 Å². The number of halogens is 2. The molecule has 1 aromatic heterocycles. The fourth-order valence-electron chi connectivity index (χ4n) is 8.33. The van der Waals surface area contributed by atoms with Crippen LogP contribution >= 0.6 is 0 Å². The maximum atomic E-state index is 14.3. The van der Waals surface area contributed by atoms with Crippen LogP contribution in [0.1, 0.15) is 85.2 Å². The van der Waals surface area contributed by atoms with Crippen molar-refractivity contribution in [2.45, 2.75) is 82.2 Å². The summed E-state index contributed by atoms with van der Waals surface area (Å²) in [4.78, 5) is 31.2. The smallest absolute Gasteiger partial charge is 0.301 e. The number of nitrogens with one attached hydrogen (secondary N) is 2. The van der Waals surface area contributed by atoms with E-state index in [4.69, 9.17) is 0 Å². The molecule has 7 rings (SSSR count). The molecule has 2 aromatic carbocycles. The van der Waals surface area contributed by atoms with E-state index in [2.05, 4.69) is 20.1 Å². The van der Waals surface area contributed by atoms with Gasteiger partial charge < -0.3 is 9.47 Å². The Morgan fingerprint density at radius 3 is 2.42 bits per heavy atom. The summed E-state index contributed by atoms with van der Waals surface area (Å²) in [7, 11) is -2.77. The lowest BCUT2D eigenvalue weighted by Crippen LogP contribution is -2.52. The second kappa shape index (κ2) is 13.0. The first kappa shape index (κ1) is 32.9. The molecule has 2 amide bonds. The number of aromatic nitrogens is 1. The zero-order valence-electron chi connectivity index (χ0n) is 27.3. The van der Waals surface area contributed by atoms with E-state index in [1.807, 2.05) is 40.1 Å². The fraction of sp³-hybridized carbons (Fsp3) is 0.500. The van der Waals surface area contributed by atoms with Crippen molar-refractivity contribution in [3.63, 3.8) is 0 Å². The van der Waals surface area contributed by atoms with Crippen molar-refractivity contribution in [2.24, 2.45) is 0 Å². The second-order valence-corrected chi connectivity index (χ2v) is 15.4. The number of piperidine rings is 2. The first-order valence-corrected chi connectivity index (χ1v) is 18.6. The molecule has 4 heterocycles. The molecule has 256 valence electrons. The van der Waals surface area contributed by atoms with Gasteiger partial charge in [-0.2, -0.15) is 8.42 Å². The molecule has 3 aliphatic heterocycles. The van der Waals surface area contributed by atoms with Crippen LogP contribution in [0.15, 0.2) is 48.0 Å². The van der Waals surface area contributed by atoms with Gasteiger partial charge in [0.05, 0.1) is 18.8 Å². The van der Waals surface area contributed by atoms with Crippen molar-refractivity contribution in [3.05, 3.63) is 64.7 Å². The lowest BCUT2D eigenvalue weighted by Gasteiger charge is -2.42. The monoisotopic (exact) mass is 679 g/mol. The van der Waals surface area contributed by atoms with Crippen molar-refractivity contribution < 1.29 is 26.8 Å².